The zero-order valence-corrected chi connectivity index (χ0v) is 23.2. The van der Waals surface area contributed by atoms with E-state index in [1.165, 1.54) is 18.4 Å². The van der Waals surface area contributed by atoms with Gasteiger partial charge in [0, 0.05) is 34.0 Å². The molecule has 7 heteroatoms. The van der Waals surface area contributed by atoms with Crippen LogP contribution in [0.1, 0.15) is 60.4 Å². The molecule has 3 heterocycles. The van der Waals surface area contributed by atoms with Gasteiger partial charge in [0.05, 0.1) is 23.9 Å². The Balaban J connectivity index is 1.41. The quantitative estimate of drug-likeness (QED) is 0.253. The van der Waals surface area contributed by atoms with Gasteiger partial charge in [-0.25, -0.2) is 0 Å². The Morgan fingerprint density at radius 2 is 1.66 bits per heavy atom. The lowest BCUT2D eigenvalue weighted by Gasteiger charge is -2.28. The molecule has 2 aromatic heterocycles. The van der Waals surface area contributed by atoms with Crippen LogP contribution in [0.25, 0.3) is 5.69 Å². The van der Waals surface area contributed by atoms with Crippen molar-refractivity contribution in [3.63, 3.8) is 0 Å². The zero-order chi connectivity index (χ0) is 26.2. The predicted molar refractivity (Wildman–Crippen MR) is 158 cm³/mol. The van der Waals surface area contributed by atoms with Gasteiger partial charge in [-0.15, -0.1) is 0 Å². The summed E-state index contributed by atoms with van der Waals surface area (Å²) in [5.41, 5.74) is 6.58. The van der Waals surface area contributed by atoms with Gasteiger partial charge in [-0.05, 0) is 124 Å². The third-order valence-electron chi connectivity index (χ3n) is 7.69. The van der Waals surface area contributed by atoms with Crippen molar-refractivity contribution >= 4 is 34.6 Å². The van der Waals surface area contributed by atoms with Gasteiger partial charge in [-0.2, -0.15) is 0 Å². The highest BCUT2D eigenvalue weighted by Crippen LogP contribution is 2.44. The Bertz CT molecular complexity index is 1430. The number of ether oxygens (including phenoxy) is 1. The Morgan fingerprint density at radius 3 is 2.34 bits per heavy atom. The molecule has 2 aromatic carbocycles. The maximum Gasteiger partial charge on any atom is 0.174 e. The summed E-state index contributed by atoms with van der Waals surface area (Å²) in [6.07, 6.45) is 6.95. The van der Waals surface area contributed by atoms with Crippen LogP contribution < -0.4 is 15.0 Å². The number of halogens is 1. The first kappa shape index (κ1) is 25.0. The average molecular weight is 543 g/mol. The van der Waals surface area contributed by atoms with Crippen LogP contribution in [-0.2, 0) is 0 Å². The minimum atomic E-state index is -0.0997. The number of pyridine rings is 1. The molecule has 0 unspecified atom stereocenters. The van der Waals surface area contributed by atoms with Crippen molar-refractivity contribution in [2.45, 2.75) is 57.7 Å². The second kappa shape index (κ2) is 10.4. The number of nitrogens with zero attached hydrogens (tertiary/aromatic N) is 3. The van der Waals surface area contributed by atoms with E-state index in [2.05, 4.69) is 77.2 Å². The molecule has 0 bridgehead atoms. The Hall–Kier alpha value is -3.35. The summed E-state index contributed by atoms with van der Waals surface area (Å²) >= 11 is 12.1. The van der Waals surface area contributed by atoms with Crippen LogP contribution in [0.3, 0.4) is 0 Å². The van der Waals surface area contributed by atoms with Gasteiger partial charge in [-0.1, -0.05) is 17.7 Å². The van der Waals surface area contributed by atoms with Crippen molar-refractivity contribution in [2.24, 2.45) is 0 Å². The summed E-state index contributed by atoms with van der Waals surface area (Å²) in [5, 5.41) is 4.99. The molecule has 194 valence electrons. The smallest absolute Gasteiger partial charge is 0.174 e. The molecule has 1 saturated heterocycles. The van der Waals surface area contributed by atoms with Gasteiger partial charge in [-0.3, -0.25) is 4.98 Å². The predicted octanol–water partition coefficient (Wildman–Crippen LogP) is 7.64. The zero-order valence-electron chi connectivity index (χ0n) is 21.6. The first-order valence-corrected chi connectivity index (χ1v) is 14.0. The molecule has 5 nitrogen and oxygen atoms in total. The normalized spacial score (nSPS) is 19.7. The van der Waals surface area contributed by atoms with Gasteiger partial charge in [0.15, 0.2) is 5.11 Å². The lowest BCUT2D eigenvalue weighted by atomic mass is 9.96. The fraction of sp³-hybridized carbons (Fsp3) is 0.290. The Kier molecular flexibility index (Phi) is 6.85. The van der Waals surface area contributed by atoms with Crippen LogP contribution in [0.15, 0.2) is 79.0 Å². The number of anilines is 1. The van der Waals surface area contributed by atoms with Crippen molar-refractivity contribution in [3.05, 3.63) is 107 Å². The first-order chi connectivity index (χ1) is 18.5. The van der Waals surface area contributed by atoms with E-state index in [-0.39, 0.29) is 12.1 Å². The monoisotopic (exact) mass is 542 g/mol. The van der Waals surface area contributed by atoms with Gasteiger partial charge in [0.1, 0.15) is 5.75 Å². The van der Waals surface area contributed by atoms with E-state index in [1.54, 1.807) is 0 Å². The van der Waals surface area contributed by atoms with E-state index in [9.17, 15) is 0 Å². The molecule has 1 saturated carbocycles. The molecule has 0 spiro atoms. The summed E-state index contributed by atoms with van der Waals surface area (Å²) in [7, 11) is 0. The van der Waals surface area contributed by atoms with Gasteiger partial charge in [0.2, 0.25) is 0 Å². The maximum atomic E-state index is 6.23. The molecular formula is C31H31ClN4OS. The van der Waals surface area contributed by atoms with Crippen LogP contribution in [0.2, 0.25) is 5.02 Å². The molecule has 6 rings (SSSR count). The van der Waals surface area contributed by atoms with Crippen LogP contribution in [-0.4, -0.2) is 20.8 Å². The molecule has 1 N–H and O–H groups in total. The number of hydrogen-bond donors (Lipinski definition) is 1. The van der Waals surface area contributed by atoms with Crippen LogP contribution in [0, 0.1) is 13.8 Å². The summed E-state index contributed by atoms with van der Waals surface area (Å²) in [5.74, 6) is 0.914. The lowest BCUT2D eigenvalue weighted by Crippen LogP contribution is -2.29. The van der Waals surface area contributed by atoms with Crippen molar-refractivity contribution in [2.75, 3.05) is 4.90 Å². The fourth-order valence-corrected chi connectivity index (χ4v) is 6.38. The largest absolute Gasteiger partial charge is 0.490 e. The highest BCUT2D eigenvalue weighted by atomic mass is 35.5. The van der Waals surface area contributed by atoms with Crippen LogP contribution in [0.4, 0.5) is 5.69 Å². The number of aryl methyl sites for hydroxylation is 1. The number of hydrogen-bond acceptors (Lipinski definition) is 3. The van der Waals surface area contributed by atoms with Crippen molar-refractivity contribution in [3.8, 4) is 11.4 Å². The minimum absolute atomic E-state index is 0.0775. The molecule has 1 aliphatic carbocycles. The molecule has 2 atom stereocenters. The summed E-state index contributed by atoms with van der Waals surface area (Å²) in [6, 6.07) is 24.5. The number of rotatable bonds is 6. The third kappa shape index (κ3) is 4.67. The first-order valence-electron chi connectivity index (χ1n) is 13.2. The molecule has 0 radical (unpaired) electrons. The van der Waals surface area contributed by atoms with E-state index >= 15 is 0 Å². The standard InChI is InChI=1S/C31H31ClN4OS/c1-20-19-27(21(2)35(20)23-12-10-22(32)11-13-23)30-29(28-9-5-6-18-33-28)34-31(38)36(30)24-14-16-26(17-15-24)37-25-7-3-4-8-25/h5-6,9-19,25,29-30H,3-4,7-8H2,1-2H3,(H,34,38)/t29-,30+/m0/s1. The molecule has 2 aliphatic rings. The summed E-state index contributed by atoms with van der Waals surface area (Å²) < 4.78 is 8.50. The number of thiocarbonyl (C=S) groups is 1. The Morgan fingerprint density at radius 1 is 0.947 bits per heavy atom. The average Bonchev–Trinajstić information content (AvgIpc) is 3.64. The molecule has 1 aliphatic heterocycles. The van der Waals surface area contributed by atoms with Crippen LogP contribution in [0.5, 0.6) is 5.75 Å². The topological polar surface area (TPSA) is 42.3 Å². The molecule has 2 fully saturated rings. The minimum Gasteiger partial charge on any atom is -0.490 e. The molecule has 4 aromatic rings. The number of benzene rings is 2. The lowest BCUT2D eigenvalue weighted by molar-refractivity contribution is 0.210. The maximum absolute atomic E-state index is 6.23. The summed E-state index contributed by atoms with van der Waals surface area (Å²) in [6.45, 7) is 4.31. The molecule has 0 amide bonds. The fourth-order valence-electron chi connectivity index (χ4n) is 5.91. The third-order valence-corrected chi connectivity index (χ3v) is 8.26. The van der Waals surface area contributed by atoms with E-state index < -0.39 is 0 Å². The summed E-state index contributed by atoms with van der Waals surface area (Å²) in [4.78, 5) is 6.93. The van der Waals surface area contributed by atoms with Crippen molar-refractivity contribution in [1.29, 1.82) is 0 Å². The highest BCUT2D eigenvalue weighted by molar-refractivity contribution is 7.80. The highest BCUT2D eigenvalue weighted by Gasteiger charge is 2.42. The second-order valence-corrected chi connectivity index (χ2v) is 11.0. The SMILES string of the molecule is Cc1cc([C@@H]2[C@H](c3ccccn3)NC(=S)N2c2ccc(OC3CCCC3)cc2)c(C)n1-c1ccc(Cl)cc1. The van der Waals surface area contributed by atoms with E-state index in [0.29, 0.717) is 11.2 Å². The van der Waals surface area contributed by atoms with Crippen LogP contribution >= 0.6 is 23.8 Å². The molecule has 38 heavy (non-hydrogen) atoms. The van der Waals surface area contributed by atoms with Crippen molar-refractivity contribution in [1.82, 2.24) is 14.9 Å². The van der Waals surface area contributed by atoms with Crippen molar-refractivity contribution < 1.29 is 4.74 Å². The second-order valence-electron chi connectivity index (χ2n) is 10.2. The number of nitrogens with one attached hydrogen (secondary N) is 1. The van der Waals surface area contributed by atoms with E-state index in [1.807, 2.05) is 30.5 Å². The van der Waals surface area contributed by atoms with Gasteiger partial charge in [0.25, 0.3) is 0 Å². The van der Waals surface area contributed by atoms with Gasteiger partial charge < -0.3 is 19.5 Å². The van der Waals surface area contributed by atoms with E-state index in [4.69, 9.17) is 33.5 Å². The van der Waals surface area contributed by atoms with E-state index in [0.717, 1.165) is 52.1 Å². The Labute approximate surface area is 234 Å². The van der Waals surface area contributed by atoms with Gasteiger partial charge >= 0.3 is 0 Å². The number of aromatic nitrogens is 2. The molecular weight excluding hydrogens is 512 g/mol.